The zero-order valence-electron chi connectivity index (χ0n) is 8.05. The molecule has 0 aliphatic carbocycles. The van der Waals surface area contributed by atoms with Crippen molar-refractivity contribution in [1.29, 1.82) is 0 Å². The second-order valence-corrected chi connectivity index (χ2v) is 2.97. The molecule has 5 heteroatoms. The molecular formula is C10H11N3O2. The summed E-state index contributed by atoms with van der Waals surface area (Å²) in [4.78, 5) is 3.94. The summed E-state index contributed by atoms with van der Waals surface area (Å²) in [5.74, 6) is 0.503. The van der Waals surface area contributed by atoms with Crippen molar-refractivity contribution < 1.29 is 9.63 Å². The standard InChI is InChI=1S/C10H11N3O2/c14-6-5-11-9-3-1-8(2-4-9)10-12-7-13-15-10/h1-4,7,11,14H,5-6H2. The minimum atomic E-state index is 0.116. The number of hydrogen-bond acceptors (Lipinski definition) is 5. The monoisotopic (exact) mass is 205 g/mol. The van der Waals surface area contributed by atoms with Gasteiger partial charge in [0.05, 0.1) is 6.61 Å². The van der Waals surface area contributed by atoms with E-state index in [0.717, 1.165) is 11.3 Å². The van der Waals surface area contributed by atoms with Gasteiger partial charge in [0.2, 0.25) is 0 Å². The van der Waals surface area contributed by atoms with Gasteiger partial charge in [-0.2, -0.15) is 4.98 Å². The molecule has 0 atom stereocenters. The number of aliphatic hydroxyl groups excluding tert-OH is 1. The molecule has 0 radical (unpaired) electrons. The largest absolute Gasteiger partial charge is 0.395 e. The Labute approximate surface area is 86.7 Å². The molecule has 0 amide bonds. The molecule has 2 rings (SSSR count). The Morgan fingerprint density at radius 3 is 2.67 bits per heavy atom. The molecule has 2 aromatic rings. The third kappa shape index (κ3) is 2.32. The highest BCUT2D eigenvalue weighted by Crippen LogP contribution is 2.18. The lowest BCUT2D eigenvalue weighted by atomic mass is 10.2. The molecule has 0 aliphatic rings. The van der Waals surface area contributed by atoms with Crippen LogP contribution in [0.2, 0.25) is 0 Å². The number of anilines is 1. The van der Waals surface area contributed by atoms with Crippen LogP contribution in [0.15, 0.2) is 35.1 Å². The van der Waals surface area contributed by atoms with Gasteiger partial charge in [0.25, 0.3) is 5.89 Å². The highest BCUT2D eigenvalue weighted by Gasteiger charge is 2.02. The van der Waals surface area contributed by atoms with E-state index in [-0.39, 0.29) is 6.61 Å². The van der Waals surface area contributed by atoms with Gasteiger partial charge in [0.15, 0.2) is 6.33 Å². The van der Waals surface area contributed by atoms with Crippen LogP contribution in [0.3, 0.4) is 0 Å². The Hall–Kier alpha value is -1.88. The summed E-state index contributed by atoms with van der Waals surface area (Å²) >= 11 is 0. The Balaban J connectivity index is 2.11. The van der Waals surface area contributed by atoms with E-state index in [1.165, 1.54) is 6.33 Å². The topological polar surface area (TPSA) is 71.2 Å². The third-order valence-corrected chi connectivity index (χ3v) is 1.93. The maximum absolute atomic E-state index is 8.64. The number of aromatic nitrogens is 2. The molecule has 2 N–H and O–H groups in total. The fourth-order valence-electron chi connectivity index (χ4n) is 1.23. The number of aliphatic hydroxyl groups is 1. The lowest BCUT2D eigenvalue weighted by Crippen LogP contribution is -2.04. The van der Waals surface area contributed by atoms with E-state index in [4.69, 9.17) is 9.63 Å². The molecule has 78 valence electrons. The zero-order chi connectivity index (χ0) is 10.5. The van der Waals surface area contributed by atoms with Crippen molar-refractivity contribution in [3.8, 4) is 11.5 Å². The van der Waals surface area contributed by atoms with Crippen molar-refractivity contribution in [2.75, 3.05) is 18.5 Å². The lowest BCUT2D eigenvalue weighted by molar-refractivity contribution is 0.311. The molecule has 0 unspecified atom stereocenters. The maximum atomic E-state index is 8.64. The summed E-state index contributed by atoms with van der Waals surface area (Å²) in [6.07, 6.45) is 1.37. The van der Waals surface area contributed by atoms with Crippen LogP contribution in [-0.2, 0) is 0 Å². The number of nitrogens with zero attached hydrogens (tertiary/aromatic N) is 2. The van der Waals surface area contributed by atoms with Gasteiger partial charge < -0.3 is 14.9 Å². The first-order chi connectivity index (χ1) is 7.40. The Morgan fingerprint density at radius 2 is 2.07 bits per heavy atom. The summed E-state index contributed by atoms with van der Waals surface area (Å²) in [6.45, 7) is 0.658. The Morgan fingerprint density at radius 1 is 1.27 bits per heavy atom. The van der Waals surface area contributed by atoms with Crippen molar-refractivity contribution in [3.05, 3.63) is 30.6 Å². The molecule has 5 nitrogen and oxygen atoms in total. The molecule has 0 bridgehead atoms. The van der Waals surface area contributed by atoms with Crippen LogP contribution in [0, 0.1) is 0 Å². The average Bonchev–Trinajstić information content (AvgIpc) is 2.80. The zero-order valence-corrected chi connectivity index (χ0v) is 8.05. The van der Waals surface area contributed by atoms with Gasteiger partial charge in [-0.25, -0.2) is 0 Å². The molecule has 1 heterocycles. The highest BCUT2D eigenvalue weighted by atomic mass is 16.5. The van der Waals surface area contributed by atoms with E-state index >= 15 is 0 Å². The number of hydrogen-bond donors (Lipinski definition) is 2. The Kier molecular flexibility index (Phi) is 2.94. The normalized spacial score (nSPS) is 10.2. The fraction of sp³-hybridized carbons (Fsp3) is 0.200. The molecule has 0 spiro atoms. The molecule has 0 aliphatic heterocycles. The van der Waals surface area contributed by atoms with Crippen LogP contribution in [0.25, 0.3) is 11.5 Å². The first-order valence-corrected chi connectivity index (χ1v) is 4.62. The van der Waals surface area contributed by atoms with Crippen LogP contribution >= 0.6 is 0 Å². The van der Waals surface area contributed by atoms with E-state index in [0.29, 0.717) is 12.4 Å². The van der Waals surface area contributed by atoms with Crippen molar-refractivity contribution in [2.45, 2.75) is 0 Å². The van der Waals surface area contributed by atoms with Gasteiger partial charge in [-0.05, 0) is 24.3 Å². The third-order valence-electron chi connectivity index (χ3n) is 1.93. The number of rotatable bonds is 4. The van der Waals surface area contributed by atoms with Gasteiger partial charge in [0.1, 0.15) is 0 Å². The predicted octanol–water partition coefficient (Wildman–Crippen LogP) is 1.14. The van der Waals surface area contributed by atoms with Gasteiger partial charge >= 0.3 is 0 Å². The first-order valence-electron chi connectivity index (χ1n) is 4.62. The van der Waals surface area contributed by atoms with E-state index in [1.54, 1.807) is 0 Å². The lowest BCUT2D eigenvalue weighted by Gasteiger charge is -2.03. The SMILES string of the molecule is OCCNc1ccc(-c2ncno2)cc1. The van der Waals surface area contributed by atoms with Gasteiger partial charge in [-0.3, -0.25) is 0 Å². The van der Waals surface area contributed by atoms with Crippen LogP contribution in [0.4, 0.5) is 5.69 Å². The summed E-state index contributed by atoms with van der Waals surface area (Å²) in [6, 6.07) is 7.56. The van der Waals surface area contributed by atoms with Crippen molar-refractivity contribution >= 4 is 5.69 Å². The summed E-state index contributed by atoms with van der Waals surface area (Å²) in [5, 5.41) is 15.2. The van der Waals surface area contributed by atoms with E-state index in [2.05, 4.69) is 15.5 Å². The molecule has 1 aromatic carbocycles. The van der Waals surface area contributed by atoms with Crippen LogP contribution < -0.4 is 5.32 Å². The minimum Gasteiger partial charge on any atom is -0.395 e. The molecule has 15 heavy (non-hydrogen) atoms. The minimum absolute atomic E-state index is 0.116. The van der Waals surface area contributed by atoms with Gasteiger partial charge in [-0.15, -0.1) is 0 Å². The fourth-order valence-corrected chi connectivity index (χ4v) is 1.23. The van der Waals surface area contributed by atoms with Crippen molar-refractivity contribution in [3.63, 3.8) is 0 Å². The van der Waals surface area contributed by atoms with Crippen LogP contribution in [0.5, 0.6) is 0 Å². The predicted molar refractivity (Wildman–Crippen MR) is 55.3 cm³/mol. The smallest absolute Gasteiger partial charge is 0.257 e. The highest BCUT2D eigenvalue weighted by molar-refractivity contribution is 5.58. The van der Waals surface area contributed by atoms with Gasteiger partial charge in [-0.1, -0.05) is 5.16 Å². The number of nitrogens with one attached hydrogen (secondary N) is 1. The quantitative estimate of drug-likeness (QED) is 0.783. The maximum Gasteiger partial charge on any atom is 0.257 e. The van der Waals surface area contributed by atoms with E-state index in [9.17, 15) is 0 Å². The second-order valence-electron chi connectivity index (χ2n) is 2.97. The van der Waals surface area contributed by atoms with Crippen molar-refractivity contribution in [2.24, 2.45) is 0 Å². The summed E-state index contributed by atoms with van der Waals surface area (Å²) in [5.41, 5.74) is 1.83. The average molecular weight is 205 g/mol. The van der Waals surface area contributed by atoms with E-state index < -0.39 is 0 Å². The number of benzene rings is 1. The van der Waals surface area contributed by atoms with E-state index in [1.807, 2.05) is 24.3 Å². The molecule has 0 saturated carbocycles. The molecule has 0 saturated heterocycles. The summed E-state index contributed by atoms with van der Waals surface area (Å²) < 4.78 is 4.92. The van der Waals surface area contributed by atoms with Crippen molar-refractivity contribution in [1.82, 2.24) is 10.1 Å². The van der Waals surface area contributed by atoms with Gasteiger partial charge in [0, 0.05) is 17.8 Å². The first kappa shape index (κ1) is 9.67. The molecule has 0 fully saturated rings. The van der Waals surface area contributed by atoms with Crippen LogP contribution in [0.1, 0.15) is 0 Å². The molecular weight excluding hydrogens is 194 g/mol. The van der Waals surface area contributed by atoms with Crippen LogP contribution in [-0.4, -0.2) is 28.4 Å². The second kappa shape index (κ2) is 4.56. The summed E-state index contributed by atoms with van der Waals surface area (Å²) in [7, 11) is 0. The Bertz CT molecular complexity index is 397. The molecule has 1 aromatic heterocycles.